The zero-order valence-electron chi connectivity index (χ0n) is 23.5. The third kappa shape index (κ3) is 6.35. The van der Waals surface area contributed by atoms with Gasteiger partial charge < -0.3 is 14.2 Å². The molecule has 0 atom stereocenters. The summed E-state index contributed by atoms with van der Waals surface area (Å²) in [5.74, 6) is -5.62. The van der Waals surface area contributed by atoms with E-state index >= 15 is 0 Å². The number of hydrogen-bond acceptors (Lipinski definition) is 9. The maximum absolute atomic E-state index is 13.6. The van der Waals surface area contributed by atoms with E-state index in [0.717, 1.165) is 0 Å². The maximum atomic E-state index is 13.6. The molecule has 0 aliphatic heterocycles. The van der Waals surface area contributed by atoms with Crippen LogP contribution in [0, 0.1) is 17.8 Å². The second-order valence-corrected chi connectivity index (χ2v) is 9.56. The molecule has 0 heterocycles. The minimum atomic E-state index is -0.937. The lowest BCUT2D eigenvalue weighted by Crippen LogP contribution is -2.11. The number of ether oxygens (including phenoxy) is 3. The first kappa shape index (κ1) is 30.0. The first-order valence-electron chi connectivity index (χ1n) is 13.7. The molecule has 1 saturated carbocycles. The minimum Gasteiger partial charge on any atom is -0.462 e. The van der Waals surface area contributed by atoms with Gasteiger partial charge in [-0.25, -0.2) is 14.4 Å². The summed E-state index contributed by atoms with van der Waals surface area (Å²) in [7, 11) is 0. The molecule has 216 valence electrons. The number of ketones is 3. The summed E-state index contributed by atoms with van der Waals surface area (Å²) in [6.45, 7) is 5.67. The van der Waals surface area contributed by atoms with Crippen LogP contribution >= 0.6 is 0 Å². The highest BCUT2D eigenvalue weighted by atomic mass is 16.5. The third-order valence-electron chi connectivity index (χ3n) is 6.97. The van der Waals surface area contributed by atoms with Crippen molar-refractivity contribution in [3.8, 4) is 0 Å². The Bertz CT molecular complexity index is 1310. The van der Waals surface area contributed by atoms with Crippen LogP contribution in [0.5, 0.6) is 0 Å². The van der Waals surface area contributed by atoms with Crippen LogP contribution in [0.25, 0.3) is 0 Å². The first-order chi connectivity index (χ1) is 20.2. The molecule has 0 saturated heterocycles. The van der Waals surface area contributed by atoms with Crippen molar-refractivity contribution < 1.29 is 43.0 Å². The van der Waals surface area contributed by atoms with Gasteiger partial charge in [-0.05, 0) is 57.2 Å². The Balaban J connectivity index is 1.61. The van der Waals surface area contributed by atoms with Gasteiger partial charge >= 0.3 is 17.9 Å². The number of Topliss-reactive ketones (excluding diaryl/α,β-unsaturated/α-hetero) is 3. The van der Waals surface area contributed by atoms with Gasteiger partial charge in [-0.2, -0.15) is 0 Å². The Morgan fingerprint density at radius 1 is 0.405 bits per heavy atom. The van der Waals surface area contributed by atoms with E-state index in [4.69, 9.17) is 14.2 Å². The van der Waals surface area contributed by atoms with Crippen molar-refractivity contribution in [1.82, 2.24) is 0 Å². The summed E-state index contributed by atoms with van der Waals surface area (Å²) in [6.07, 6.45) is 0. The molecule has 42 heavy (non-hydrogen) atoms. The Kier molecular flexibility index (Phi) is 9.42. The smallest absolute Gasteiger partial charge is 0.338 e. The first-order valence-corrected chi connectivity index (χ1v) is 13.7. The highest BCUT2D eigenvalue weighted by Crippen LogP contribution is 2.51. The molecule has 0 bridgehead atoms. The van der Waals surface area contributed by atoms with Crippen molar-refractivity contribution in [3.05, 3.63) is 106 Å². The zero-order valence-corrected chi connectivity index (χ0v) is 23.5. The van der Waals surface area contributed by atoms with Gasteiger partial charge in [-0.15, -0.1) is 0 Å². The van der Waals surface area contributed by atoms with Crippen LogP contribution in [0.4, 0.5) is 0 Å². The lowest BCUT2D eigenvalue weighted by Gasteiger charge is -2.05. The molecule has 0 aromatic heterocycles. The SMILES string of the molecule is CCOC(=O)c1ccc(C(=O)C2C(C(=O)c3ccc(C(=O)OCC)cc3)C2C(=O)c2ccc(C(=O)OCC)cc2)cc1. The quantitative estimate of drug-likeness (QED) is 0.167. The fourth-order valence-corrected chi connectivity index (χ4v) is 4.82. The van der Waals surface area contributed by atoms with Crippen molar-refractivity contribution >= 4 is 35.3 Å². The molecule has 3 aromatic carbocycles. The molecule has 9 nitrogen and oxygen atoms in total. The largest absolute Gasteiger partial charge is 0.462 e. The number of carbonyl (C=O) groups is 6. The van der Waals surface area contributed by atoms with E-state index in [9.17, 15) is 28.8 Å². The fraction of sp³-hybridized carbons (Fsp3) is 0.273. The predicted octanol–water partition coefficient (Wildman–Crippen LogP) is 5.03. The van der Waals surface area contributed by atoms with Gasteiger partial charge in [-0.3, -0.25) is 14.4 Å². The molecule has 4 rings (SSSR count). The zero-order chi connectivity index (χ0) is 30.4. The average Bonchev–Trinajstić information content (AvgIpc) is 3.76. The summed E-state index contributed by atoms with van der Waals surface area (Å²) >= 11 is 0. The fourth-order valence-electron chi connectivity index (χ4n) is 4.82. The third-order valence-corrected chi connectivity index (χ3v) is 6.97. The molecule has 0 spiro atoms. The van der Waals surface area contributed by atoms with E-state index < -0.39 is 53.0 Å². The molecule has 9 heteroatoms. The van der Waals surface area contributed by atoms with E-state index in [1.807, 2.05) is 0 Å². The summed E-state index contributed by atoms with van der Waals surface area (Å²) in [5.41, 5.74) is 1.55. The maximum Gasteiger partial charge on any atom is 0.338 e. The molecule has 0 radical (unpaired) electrons. The molecule has 0 N–H and O–H groups in total. The summed E-state index contributed by atoms with van der Waals surface area (Å²) in [4.78, 5) is 76.8. The molecular weight excluding hydrogens is 540 g/mol. The Hall–Kier alpha value is -4.92. The highest BCUT2D eigenvalue weighted by molar-refractivity contribution is 6.16. The van der Waals surface area contributed by atoms with Gasteiger partial charge in [0.05, 0.1) is 36.5 Å². The van der Waals surface area contributed by atoms with Gasteiger partial charge in [0, 0.05) is 34.4 Å². The van der Waals surface area contributed by atoms with Crippen molar-refractivity contribution in [2.24, 2.45) is 17.8 Å². The van der Waals surface area contributed by atoms with Crippen LogP contribution in [0.15, 0.2) is 72.8 Å². The molecule has 1 aliphatic carbocycles. The minimum absolute atomic E-state index is 0.205. The van der Waals surface area contributed by atoms with Crippen LogP contribution in [0.3, 0.4) is 0 Å². The van der Waals surface area contributed by atoms with Crippen LogP contribution < -0.4 is 0 Å². The predicted molar refractivity (Wildman–Crippen MR) is 151 cm³/mol. The van der Waals surface area contributed by atoms with Crippen LogP contribution in [0.1, 0.15) is 82.9 Å². The van der Waals surface area contributed by atoms with Crippen molar-refractivity contribution in [1.29, 1.82) is 0 Å². The van der Waals surface area contributed by atoms with E-state index in [0.29, 0.717) is 0 Å². The molecule has 3 aromatic rings. The summed E-state index contributed by atoms with van der Waals surface area (Å²) < 4.78 is 15.0. The van der Waals surface area contributed by atoms with Crippen molar-refractivity contribution in [3.63, 3.8) is 0 Å². The number of rotatable bonds is 12. The normalized spacial score (nSPS) is 17.1. The number of hydrogen-bond donors (Lipinski definition) is 0. The van der Waals surface area contributed by atoms with Gasteiger partial charge in [0.2, 0.25) is 0 Å². The van der Waals surface area contributed by atoms with Gasteiger partial charge in [0.1, 0.15) is 0 Å². The van der Waals surface area contributed by atoms with Crippen LogP contribution in [0.2, 0.25) is 0 Å². The standard InChI is InChI=1S/C33H30O9/c1-4-40-31(37)22-13-7-19(8-14-22)28(34)25-26(29(35)20-9-15-23(16-10-20)32(38)41-5-2)27(25)30(36)21-11-17-24(18-12-21)33(39)42-6-3/h7-18,25-27H,4-6H2,1-3H3. The number of esters is 3. The highest BCUT2D eigenvalue weighted by Gasteiger charge is 2.62. The van der Waals surface area contributed by atoms with E-state index in [2.05, 4.69) is 0 Å². The topological polar surface area (TPSA) is 130 Å². The Labute approximate surface area is 242 Å². The molecule has 0 unspecified atom stereocenters. The Morgan fingerprint density at radius 2 is 0.595 bits per heavy atom. The van der Waals surface area contributed by atoms with Gasteiger partial charge in [-0.1, -0.05) is 36.4 Å². The second-order valence-electron chi connectivity index (χ2n) is 9.56. The molecule has 1 aliphatic rings. The van der Waals surface area contributed by atoms with Crippen LogP contribution in [-0.4, -0.2) is 55.1 Å². The second kappa shape index (κ2) is 13.2. The monoisotopic (exact) mass is 570 g/mol. The van der Waals surface area contributed by atoms with E-state index in [1.54, 1.807) is 20.8 Å². The van der Waals surface area contributed by atoms with E-state index in [-0.39, 0.29) is 53.2 Å². The summed E-state index contributed by atoms with van der Waals surface area (Å²) in [6, 6.07) is 17.6. The van der Waals surface area contributed by atoms with Crippen molar-refractivity contribution in [2.75, 3.05) is 19.8 Å². The van der Waals surface area contributed by atoms with Gasteiger partial charge in [0.25, 0.3) is 0 Å². The molecule has 0 amide bonds. The van der Waals surface area contributed by atoms with Gasteiger partial charge in [0.15, 0.2) is 17.3 Å². The van der Waals surface area contributed by atoms with E-state index in [1.165, 1.54) is 72.8 Å². The lowest BCUT2D eigenvalue weighted by atomic mass is 10.00. The number of benzene rings is 3. The Morgan fingerprint density at radius 3 is 0.786 bits per heavy atom. The number of carbonyl (C=O) groups excluding carboxylic acids is 6. The summed E-state index contributed by atoms with van der Waals surface area (Å²) in [5, 5.41) is 0. The lowest BCUT2D eigenvalue weighted by molar-refractivity contribution is 0.0516. The average molecular weight is 571 g/mol. The van der Waals surface area contributed by atoms with Crippen molar-refractivity contribution in [2.45, 2.75) is 20.8 Å². The molecule has 1 fully saturated rings. The van der Waals surface area contributed by atoms with Crippen LogP contribution in [-0.2, 0) is 14.2 Å². The molecular formula is C33H30O9.